The Bertz CT molecular complexity index is 1410. The molecule has 2 atom stereocenters. The molecule has 0 bridgehead atoms. The number of carboxylic acids is 1. The predicted molar refractivity (Wildman–Crippen MR) is 160 cm³/mol. The summed E-state index contributed by atoms with van der Waals surface area (Å²) in [7, 11) is 0. The van der Waals surface area contributed by atoms with Gasteiger partial charge in [0.25, 0.3) is 0 Å². The lowest BCUT2D eigenvalue weighted by Crippen LogP contribution is -2.37. The Kier molecular flexibility index (Phi) is 9.77. The number of hydrogen-bond donors (Lipinski definition) is 3. The van der Waals surface area contributed by atoms with Crippen LogP contribution in [-0.4, -0.2) is 48.9 Å². The van der Waals surface area contributed by atoms with E-state index in [2.05, 4.69) is 5.32 Å². The Balaban J connectivity index is 1.46. The summed E-state index contributed by atoms with van der Waals surface area (Å²) in [4.78, 5) is 23.8. The van der Waals surface area contributed by atoms with Crippen molar-refractivity contribution in [3.63, 3.8) is 0 Å². The fourth-order valence-corrected chi connectivity index (χ4v) is 6.20. The van der Waals surface area contributed by atoms with E-state index >= 15 is 4.39 Å². The van der Waals surface area contributed by atoms with E-state index in [1.54, 1.807) is 6.07 Å². The van der Waals surface area contributed by atoms with Crippen molar-refractivity contribution >= 4 is 23.5 Å². The Labute approximate surface area is 250 Å². The van der Waals surface area contributed by atoms with Crippen molar-refractivity contribution in [1.82, 2.24) is 5.32 Å². The van der Waals surface area contributed by atoms with E-state index in [9.17, 15) is 14.7 Å². The molecular weight excluding hydrogens is 559 g/mol. The third-order valence-electron chi connectivity index (χ3n) is 8.37. The van der Waals surface area contributed by atoms with Crippen LogP contribution in [-0.2, 0) is 9.53 Å². The Morgan fingerprint density at radius 3 is 2.48 bits per heavy atom. The number of nitrogens with two attached hydrogens (primary N) is 1. The highest BCUT2D eigenvalue weighted by Crippen LogP contribution is 2.39. The number of halogens is 2. The molecule has 0 radical (unpaired) electrons. The Hall–Kier alpha value is -3.46. The summed E-state index contributed by atoms with van der Waals surface area (Å²) in [6, 6.07) is 18.5. The monoisotopic (exact) mass is 594 g/mol. The number of carbonyl (C=O) groups excluding carboxylic acids is 1. The average molecular weight is 595 g/mol. The maximum atomic E-state index is 16.1. The SMILES string of the molecule is NC(=O)c1ccc(OC[C@@H]2CCCO2)c(F)c1-c1cc(C(CNC2CCC(C(=O)O)CC2)c2ccccc2)ccc1Cl. The fraction of sp³-hybridized carbons (Fsp3) is 0.394. The molecule has 7 nitrogen and oxygen atoms in total. The third kappa shape index (κ3) is 6.94. The van der Waals surface area contributed by atoms with Crippen LogP contribution < -0.4 is 15.8 Å². The van der Waals surface area contributed by atoms with Crippen molar-refractivity contribution in [3.05, 3.63) is 88.2 Å². The van der Waals surface area contributed by atoms with Crippen LogP contribution >= 0.6 is 11.6 Å². The largest absolute Gasteiger partial charge is 0.488 e. The minimum atomic E-state index is -0.769. The highest BCUT2D eigenvalue weighted by molar-refractivity contribution is 6.33. The van der Waals surface area contributed by atoms with E-state index < -0.39 is 17.7 Å². The number of aliphatic carboxylic acids is 1. The van der Waals surface area contributed by atoms with Crippen LogP contribution in [0.2, 0.25) is 5.02 Å². The van der Waals surface area contributed by atoms with Gasteiger partial charge >= 0.3 is 5.97 Å². The van der Waals surface area contributed by atoms with Gasteiger partial charge in [-0.1, -0.05) is 48.0 Å². The molecule has 0 spiro atoms. The standard InChI is InChI=1S/C33H36ClFN2O5/c34-28-14-10-22(27(20-5-2-1-3-6-20)18-37-23-11-8-21(9-12-23)33(39)40)17-26(28)30-25(32(36)38)13-15-29(31(30)35)42-19-24-7-4-16-41-24/h1-3,5-6,10,13-15,17,21,23-24,27,37H,4,7-9,11-12,16,18-19H2,(H2,36,38)(H,39,40)/t21?,23?,24-,27?/m0/s1. The highest BCUT2D eigenvalue weighted by Gasteiger charge is 2.28. The van der Waals surface area contributed by atoms with Crippen molar-refractivity contribution in [3.8, 4) is 16.9 Å². The molecule has 222 valence electrons. The summed E-state index contributed by atoms with van der Waals surface area (Å²) < 4.78 is 27.5. The average Bonchev–Trinajstić information content (AvgIpc) is 3.52. The second-order valence-corrected chi connectivity index (χ2v) is 11.5. The molecular formula is C33H36ClFN2O5. The lowest BCUT2D eigenvalue weighted by atomic mass is 9.85. The lowest BCUT2D eigenvalue weighted by molar-refractivity contribution is -0.142. The second kappa shape index (κ2) is 13.7. The van der Waals surface area contributed by atoms with Gasteiger partial charge in [-0.05, 0) is 73.9 Å². The molecule has 9 heteroatoms. The number of hydrogen-bond acceptors (Lipinski definition) is 5. The highest BCUT2D eigenvalue weighted by atomic mass is 35.5. The number of carbonyl (C=O) groups is 2. The van der Waals surface area contributed by atoms with E-state index in [0.717, 1.165) is 36.8 Å². The first-order valence-corrected chi connectivity index (χ1v) is 14.9. The first-order valence-electron chi connectivity index (χ1n) is 14.5. The molecule has 4 N–H and O–H groups in total. The van der Waals surface area contributed by atoms with Gasteiger partial charge in [-0.3, -0.25) is 9.59 Å². The molecule has 0 aromatic heterocycles. The number of amides is 1. The summed E-state index contributed by atoms with van der Waals surface area (Å²) in [5.74, 6) is -2.59. The number of carboxylic acid groups (broad SMARTS) is 1. The van der Waals surface area contributed by atoms with E-state index in [1.165, 1.54) is 12.1 Å². The summed E-state index contributed by atoms with van der Waals surface area (Å²) in [6.07, 6.45) is 4.55. The van der Waals surface area contributed by atoms with E-state index in [1.807, 2.05) is 42.5 Å². The van der Waals surface area contributed by atoms with Crippen molar-refractivity contribution in [1.29, 1.82) is 0 Å². The molecule has 1 heterocycles. The summed E-state index contributed by atoms with van der Waals surface area (Å²) >= 11 is 6.66. The van der Waals surface area contributed by atoms with Crippen molar-refractivity contribution in [2.75, 3.05) is 19.8 Å². The summed E-state index contributed by atoms with van der Waals surface area (Å²) in [5.41, 5.74) is 8.00. The Morgan fingerprint density at radius 2 is 1.81 bits per heavy atom. The van der Waals surface area contributed by atoms with E-state index in [0.29, 0.717) is 31.6 Å². The van der Waals surface area contributed by atoms with Crippen molar-refractivity contribution in [2.24, 2.45) is 11.7 Å². The molecule has 5 rings (SSSR count). The number of rotatable bonds is 11. The van der Waals surface area contributed by atoms with Gasteiger partial charge in [-0.2, -0.15) is 0 Å². The van der Waals surface area contributed by atoms with Crippen LogP contribution in [0.15, 0.2) is 60.7 Å². The molecule has 1 saturated carbocycles. The zero-order chi connectivity index (χ0) is 29.6. The zero-order valence-corrected chi connectivity index (χ0v) is 24.1. The smallest absolute Gasteiger partial charge is 0.306 e. The second-order valence-electron chi connectivity index (χ2n) is 11.1. The van der Waals surface area contributed by atoms with Crippen molar-refractivity contribution < 1.29 is 28.6 Å². The number of benzene rings is 3. The zero-order valence-electron chi connectivity index (χ0n) is 23.4. The molecule has 42 heavy (non-hydrogen) atoms. The first kappa shape index (κ1) is 30.0. The normalized spacial score (nSPS) is 21.1. The first-order chi connectivity index (χ1) is 20.3. The maximum Gasteiger partial charge on any atom is 0.306 e. The molecule has 1 aliphatic heterocycles. The molecule has 2 fully saturated rings. The van der Waals surface area contributed by atoms with Crippen LogP contribution in [0.25, 0.3) is 11.1 Å². The van der Waals surface area contributed by atoms with Gasteiger partial charge in [-0.25, -0.2) is 4.39 Å². The van der Waals surface area contributed by atoms with Crippen LogP contribution in [0.3, 0.4) is 0 Å². The van der Waals surface area contributed by atoms with Gasteiger partial charge in [0.2, 0.25) is 5.91 Å². The maximum absolute atomic E-state index is 16.1. The minimum absolute atomic E-state index is 0.00482. The molecule has 1 aliphatic carbocycles. The molecule has 1 saturated heterocycles. The number of primary amides is 1. The minimum Gasteiger partial charge on any atom is -0.488 e. The van der Waals surface area contributed by atoms with Gasteiger partial charge in [0, 0.05) is 41.3 Å². The molecule has 3 aromatic carbocycles. The van der Waals surface area contributed by atoms with E-state index in [4.69, 9.17) is 26.8 Å². The van der Waals surface area contributed by atoms with Gasteiger partial charge in [-0.15, -0.1) is 0 Å². The van der Waals surface area contributed by atoms with E-state index in [-0.39, 0.29) is 52.5 Å². The predicted octanol–water partition coefficient (Wildman–Crippen LogP) is 6.17. The van der Waals surface area contributed by atoms with Crippen LogP contribution in [0.4, 0.5) is 4.39 Å². The molecule has 2 aliphatic rings. The molecule has 3 aromatic rings. The van der Waals surface area contributed by atoms with Gasteiger partial charge in [0.05, 0.1) is 17.6 Å². The molecule has 1 unspecified atom stereocenters. The quantitative estimate of drug-likeness (QED) is 0.245. The fourth-order valence-electron chi connectivity index (χ4n) is 5.99. The van der Waals surface area contributed by atoms with Gasteiger partial charge in [0.15, 0.2) is 11.6 Å². The van der Waals surface area contributed by atoms with Crippen LogP contribution in [0.5, 0.6) is 5.75 Å². The molecule has 1 amide bonds. The van der Waals surface area contributed by atoms with Gasteiger partial charge in [0.1, 0.15) is 6.61 Å². The summed E-state index contributed by atoms with van der Waals surface area (Å²) in [6.45, 7) is 1.45. The topological polar surface area (TPSA) is 111 Å². The third-order valence-corrected chi connectivity index (χ3v) is 8.70. The van der Waals surface area contributed by atoms with Crippen LogP contribution in [0.1, 0.15) is 65.9 Å². The van der Waals surface area contributed by atoms with Crippen molar-refractivity contribution in [2.45, 2.75) is 56.6 Å². The summed E-state index contributed by atoms with van der Waals surface area (Å²) in [5, 5.41) is 13.3. The van der Waals surface area contributed by atoms with Crippen LogP contribution in [0, 0.1) is 11.7 Å². The Morgan fingerprint density at radius 1 is 1.05 bits per heavy atom. The lowest BCUT2D eigenvalue weighted by Gasteiger charge is -2.29. The number of ether oxygens (including phenoxy) is 2. The number of nitrogens with one attached hydrogen (secondary N) is 1. The van der Waals surface area contributed by atoms with Gasteiger partial charge < -0.3 is 25.6 Å².